The lowest BCUT2D eigenvalue weighted by Gasteiger charge is -2.29. The van der Waals surface area contributed by atoms with Crippen molar-refractivity contribution in [1.29, 1.82) is 0 Å². The maximum absolute atomic E-state index is 10.4. The van der Waals surface area contributed by atoms with Gasteiger partial charge in [0.2, 0.25) is 0 Å². The second kappa shape index (κ2) is 5.16. The Morgan fingerprint density at radius 2 is 1.56 bits per heavy atom. The summed E-state index contributed by atoms with van der Waals surface area (Å²) in [7, 11) is 3.13. The van der Waals surface area contributed by atoms with Crippen molar-refractivity contribution < 1.29 is 19.7 Å². The molecule has 1 aliphatic rings. The summed E-state index contributed by atoms with van der Waals surface area (Å²) in [6, 6.07) is 5.22. The lowest BCUT2D eigenvalue weighted by atomic mass is 9.89. The molecule has 100 valence electrons. The van der Waals surface area contributed by atoms with Gasteiger partial charge in [-0.3, -0.25) is 0 Å². The molecule has 18 heavy (non-hydrogen) atoms. The maximum Gasteiger partial charge on any atom is 0.122 e. The highest BCUT2D eigenvalue weighted by Gasteiger charge is 2.39. The summed E-state index contributed by atoms with van der Waals surface area (Å²) in [6.07, 6.45) is 2.27. The highest BCUT2D eigenvalue weighted by atomic mass is 16.5. The third kappa shape index (κ3) is 2.44. The molecule has 1 aromatic rings. The number of hydrogen-bond acceptors (Lipinski definition) is 4. The van der Waals surface area contributed by atoms with Gasteiger partial charge in [-0.25, -0.2) is 0 Å². The first-order valence-electron chi connectivity index (χ1n) is 6.22. The summed E-state index contributed by atoms with van der Waals surface area (Å²) >= 11 is 0. The highest BCUT2D eigenvalue weighted by Crippen LogP contribution is 2.41. The van der Waals surface area contributed by atoms with Gasteiger partial charge in [0.25, 0.3) is 0 Å². The smallest absolute Gasteiger partial charge is 0.122 e. The van der Waals surface area contributed by atoms with Crippen molar-refractivity contribution in [1.82, 2.24) is 0 Å². The van der Waals surface area contributed by atoms with Crippen molar-refractivity contribution >= 4 is 0 Å². The zero-order valence-corrected chi connectivity index (χ0v) is 10.8. The molecule has 1 saturated carbocycles. The van der Waals surface area contributed by atoms with Crippen molar-refractivity contribution in [3.63, 3.8) is 0 Å². The number of methoxy groups -OCH3 is 2. The number of rotatable bonds is 4. The number of hydrogen-bond donors (Lipinski definition) is 2. The summed E-state index contributed by atoms with van der Waals surface area (Å²) in [6.45, 7) is 0. The van der Waals surface area contributed by atoms with Crippen LogP contribution < -0.4 is 9.47 Å². The average Bonchev–Trinajstić information content (AvgIpc) is 2.85. The molecule has 0 spiro atoms. The van der Waals surface area contributed by atoms with Gasteiger partial charge in [0.1, 0.15) is 17.6 Å². The van der Waals surface area contributed by atoms with Crippen LogP contribution in [0.4, 0.5) is 0 Å². The molecule has 4 heteroatoms. The quantitative estimate of drug-likeness (QED) is 0.861. The van der Waals surface area contributed by atoms with Gasteiger partial charge in [-0.1, -0.05) is 12.8 Å². The minimum Gasteiger partial charge on any atom is -0.497 e. The Hall–Kier alpha value is -1.26. The standard InChI is InChI=1S/C14H20O4/c1-17-11-7-10(8-12(9-11)18-2)13(15)14(16)5-3-4-6-14/h7-9,13,15-16H,3-6H2,1-2H3. The largest absolute Gasteiger partial charge is 0.497 e. The van der Waals surface area contributed by atoms with Crippen LogP contribution in [0, 0.1) is 0 Å². The first-order chi connectivity index (χ1) is 8.59. The van der Waals surface area contributed by atoms with Crippen LogP contribution in [0.2, 0.25) is 0 Å². The minimum absolute atomic E-state index is 0.616. The monoisotopic (exact) mass is 252 g/mol. The summed E-state index contributed by atoms with van der Waals surface area (Å²) in [5, 5.41) is 20.8. The Kier molecular flexibility index (Phi) is 3.78. The molecule has 0 aromatic heterocycles. The Balaban J connectivity index is 2.31. The predicted octanol–water partition coefficient (Wildman–Crippen LogP) is 2.04. The van der Waals surface area contributed by atoms with Gasteiger partial charge < -0.3 is 19.7 Å². The molecule has 2 N–H and O–H groups in total. The molecule has 1 fully saturated rings. The Morgan fingerprint density at radius 3 is 2.00 bits per heavy atom. The molecular weight excluding hydrogens is 232 g/mol. The molecule has 0 amide bonds. The van der Waals surface area contributed by atoms with Crippen molar-refractivity contribution in [2.75, 3.05) is 14.2 Å². The molecule has 1 atom stereocenters. The van der Waals surface area contributed by atoms with E-state index in [4.69, 9.17) is 9.47 Å². The van der Waals surface area contributed by atoms with E-state index in [9.17, 15) is 10.2 Å². The van der Waals surface area contributed by atoms with Gasteiger partial charge in [0.15, 0.2) is 0 Å². The van der Waals surface area contributed by atoms with E-state index in [1.807, 2.05) is 0 Å². The van der Waals surface area contributed by atoms with E-state index in [1.54, 1.807) is 32.4 Å². The van der Waals surface area contributed by atoms with Crippen molar-refractivity contribution in [3.8, 4) is 11.5 Å². The van der Waals surface area contributed by atoms with E-state index in [0.29, 0.717) is 29.9 Å². The molecule has 1 aliphatic carbocycles. The first kappa shape index (κ1) is 13.2. The fourth-order valence-corrected chi connectivity index (χ4v) is 2.56. The Bertz CT molecular complexity index is 388. The second-order valence-corrected chi connectivity index (χ2v) is 4.86. The van der Waals surface area contributed by atoms with Crippen molar-refractivity contribution in [3.05, 3.63) is 23.8 Å². The molecule has 0 radical (unpaired) electrons. The molecule has 0 aliphatic heterocycles. The van der Waals surface area contributed by atoms with Gasteiger partial charge in [0.05, 0.1) is 19.8 Å². The zero-order valence-electron chi connectivity index (χ0n) is 10.8. The van der Waals surface area contributed by atoms with Crippen LogP contribution in [-0.4, -0.2) is 30.0 Å². The van der Waals surface area contributed by atoms with E-state index >= 15 is 0 Å². The molecule has 1 unspecified atom stereocenters. The third-order valence-electron chi connectivity index (χ3n) is 3.67. The Labute approximate surface area is 107 Å². The predicted molar refractivity (Wildman–Crippen MR) is 67.9 cm³/mol. The second-order valence-electron chi connectivity index (χ2n) is 4.86. The fraction of sp³-hybridized carbons (Fsp3) is 0.571. The summed E-state index contributed by atoms with van der Waals surface area (Å²) in [5.41, 5.74) is -0.382. The number of benzene rings is 1. The number of ether oxygens (including phenoxy) is 2. The van der Waals surface area contributed by atoms with E-state index < -0.39 is 11.7 Å². The fourth-order valence-electron chi connectivity index (χ4n) is 2.56. The topological polar surface area (TPSA) is 58.9 Å². The van der Waals surface area contributed by atoms with Gasteiger partial charge in [-0.05, 0) is 30.5 Å². The van der Waals surface area contributed by atoms with Crippen LogP contribution in [0.3, 0.4) is 0 Å². The van der Waals surface area contributed by atoms with Crippen LogP contribution in [-0.2, 0) is 0 Å². The van der Waals surface area contributed by atoms with Gasteiger partial charge >= 0.3 is 0 Å². The van der Waals surface area contributed by atoms with Crippen molar-refractivity contribution in [2.45, 2.75) is 37.4 Å². The molecule has 1 aromatic carbocycles. The number of aliphatic hydroxyl groups excluding tert-OH is 1. The lowest BCUT2D eigenvalue weighted by Crippen LogP contribution is -2.32. The van der Waals surface area contributed by atoms with Gasteiger partial charge in [0, 0.05) is 6.07 Å². The van der Waals surface area contributed by atoms with E-state index in [0.717, 1.165) is 12.8 Å². The summed E-state index contributed by atoms with van der Waals surface area (Å²) < 4.78 is 10.3. The van der Waals surface area contributed by atoms with Crippen LogP contribution in [0.15, 0.2) is 18.2 Å². The molecular formula is C14H20O4. The molecule has 4 nitrogen and oxygen atoms in total. The lowest BCUT2D eigenvalue weighted by molar-refractivity contribution is -0.0720. The van der Waals surface area contributed by atoms with Gasteiger partial charge in [-0.2, -0.15) is 0 Å². The van der Waals surface area contributed by atoms with Crippen LogP contribution >= 0.6 is 0 Å². The SMILES string of the molecule is COc1cc(OC)cc(C(O)C2(O)CCCC2)c1. The highest BCUT2D eigenvalue weighted by molar-refractivity contribution is 5.40. The van der Waals surface area contributed by atoms with Crippen LogP contribution in [0.5, 0.6) is 11.5 Å². The third-order valence-corrected chi connectivity index (χ3v) is 3.67. The first-order valence-corrected chi connectivity index (χ1v) is 6.22. The number of aliphatic hydroxyl groups is 2. The van der Waals surface area contributed by atoms with Crippen LogP contribution in [0.25, 0.3) is 0 Å². The normalized spacial score (nSPS) is 19.6. The van der Waals surface area contributed by atoms with E-state index in [-0.39, 0.29) is 0 Å². The minimum atomic E-state index is -1.02. The molecule has 0 bridgehead atoms. The Morgan fingerprint density at radius 1 is 1.06 bits per heavy atom. The summed E-state index contributed by atoms with van der Waals surface area (Å²) in [4.78, 5) is 0. The van der Waals surface area contributed by atoms with E-state index in [2.05, 4.69) is 0 Å². The zero-order chi connectivity index (χ0) is 13.2. The molecule has 0 heterocycles. The van der Waals surface area contributed by atoms with Gasteiger partial charge in [-0.15, -0.1) is 0 Å². The molecule has 0 saturated heterocycles. The van der Waals surface area contributed by atoms with E-state index in [1.165, 1.54) is 0 Å². The average molecular weight is 252 g/mol. The summed E-state index contributed by atoms with van der Waals surface area (Å²) in [5.74, 6) is 1.23. The maximum atomic E-state index is 10.4. The molecule has 2 rings (SSSR count). The van der Waals surface area contributed by atoms with Crippen LogP contribution in [0.1, 0.15) is 37.4 Å². The van der Waals surface area contributed by atoms with Crippen molar-refractivity contribution in [2.24, 2.45) is 0 Å².